The van der Waals surface area contributed by atoms with Crippen LogP contribution < -0.4 is 0 Å². The van der Waals surface area contributed by atoms with Gasteiger partial charge in [-0.1, -0.05) is 23.2 Å². The molecule has 0 aliphatic heterocycles. The molecule has 12 heavy (non-hydrogen) atoms. The molecule has 0 aromatic rings. The SMILES string of the molecule is O=S([O-])C1C=CCC(S(=O)[O-])C1. The Morgan fingerprint density at radius 2 is 1.92 bits per heavy atom. The van der Waals surface area contributed by atoms with Crippen molar-refractivity contribution in [2.45, 2.75) is 23.3 Å². The molecule has 0 bridgehead atoms. The van der Waals surface area contributed by atoms with Crippen LogP contribution in [0.1, 0.15) is 12.8 Å². The van der Waals surface area contributed by atoms with Gasteiger partial charge in [-0.15, -0.1) is 0 Å². The third-order valence-electron chi connectivity index (χ3n) is 1.76. The van der Waals surface area contributed by atoms with Gasteiger partial charge >= 0.3 is 0 Å². The van der Waals surface area contributed by atoms with Gasteiger partial charge < -0.3 is 9.11 Å². The van der Waals surface area contributed by atoms with Gasteiger partial charge in [0, 0.05) is 10.5 Å². The average molecular weight is 208 g/mol. The summed E-state index contributed by atoms with van der Waals surface area (Å²) in [6, 6.07) is 0. The number of allylic oxidation sites excluding steroid dienone is 1. The quantitative estimate of drug-likeness (QED) is 0.466. The van der Waals surface area contributed by atoms with E-state index in [1.165, 1.54) is 6.08 Å². The highest BCUT2D eigenvalue weighted by molar-refractivity contribution is 7.81. The van der Waals surface area contributed by atoms with Crippen molar-refractivity contribution in [3.63, 3.8) is 0 Å². The van der Waals surface area contributed by atoms with E-state index in [4.69, 9.17) is 0 Å². The van der Waals surface area contributed by atoms with E-state index >= 15 is 0 Å². The Balaban J connectivity index is 2.63. The molecule has 0 saturated carbocycles. The molecule has 1 aliphatic rings. The maximum atomic E-state index is 10.5. The second-order valence-corrected chi connectivity index (χ2v) is 4.90. The van der Waals surface area contributed by atoms with E-state index in [0.717, 1.165) is 0 Å². The Labute approximate surface area is 75.6 Å². The topological polar surface area (TPSA) is 80.3 Å². The van der Waals surface area contributed by atoms with Crippen molar-refractivity contribution < 1.29 is 17.5 Å². The van der Waals surface area contributed by atoms with E-state index in [1.807, 2.05) is 0 Å². The fourth-order valence-electron chi connectivity index (χ4n) is 1.12. The third-order valence-corrected chi connectivity index (χ3v) is 3.54. The van der Waals surface area contributed by atoms with Crippen LogP contribution in [0.3, 0.4) is 0 Å². The summed E-state index contributed by atoms with van der Waals surface area (Å²) in [5.74, 6) is 0. The smallest absolute Gasteiger partial charge is 0.0406 e. The standard InChI is InChI=1S/C6H10O4S2/c7-11(8)5-2-1-3-6(4-5)12(9)10/h1-2,5-6H,3-4H2,(H,7,8)(H,9,10)/p-2. The molecular weight excluding hydrogens is 200 g/mol. The second-order valence-electron chi connectivity index (χ2n) is 2.58. The number of hydrogen-bond acceptors (Lipinski definition) is 4. The lowest BCUT2D eigenvalue weighted by Gasteiger charge is -2.27. The summed E-state index contributed by atoms with van der Waals surface area (Å²) in [6.45, 7) is 0. The summed E-state index contributed by atoms with van der Waals surface area (Å²) in [6.07, 6.45) is 3.74. The van der Waals surface area contributed by atoms with Gasteiger partial charge in [0.05, 0.1) is 0 Å². The summed E-state index contributed by atoms with van der Waals surface area (Å²) < 4.78 is 41.9. The van der Waals surface area contributed by atoms with Crippen molar-refractivity contribution in [3.8, 4) is 0 Å². The lowest BCUT2D eigenvalue weighted by Crippen LogP contribution is -2.26. The molecule has 1 aliphatic carbocycles. The van der Waals surface area contributed by atoms with Crippen LogP contribution in [0.5, 0.6) is 0 Å². The molecule has 0 saturated heterocycles. The van der Waals surface area contributed by atoms with E-state index in [-0.39, 0.29) is 6.42 Å². The van der Waals surface area contributed by atoms with Gasteiger partial charge in [0.15, 0.2) is 0 Å². The predicted molar refractivity (Wildman–Crippen MR) is 43.8 cm³/mol. The fourth-order valence-corrected chi connectivity index (χ4v) is 2.50. The molecule has 0 N–H and O–H groups in total. The van der Waals surface area contributed by atoms with E-state index in [1.54, 1.807) is 6.08 Å². The van der Waals surface area contributed by atoms with E-state index < -0.39 is 32.7 Å². The van der Waals surface area contributed by atoms with Gasteiger partial charge in [-0.3, -0.25) is 8.42 Å². The lowest BCUT2D eigenvalue weighted by atomic mass is 10.1. The van der Waals surface area contributed by atoms with Gasteiger partial charge in [-0.25, -0.2) is 0 Å². The minimum Gasteiger partial charge on any atom is -0.772 e. The van der Waals surface area contributed by atoms with Crippen molar-refractivity contribution in [3.05, 3.63) is 12.2 Å². The van der Waals surface area contributed by atoms with E-state index in [0.29, 0.717) is 6.42 Å². The molecule has 6 heteroatoms. The molecule has 1 rings (SSSR count). The summed E-state index contributed by atoms with van der Waals surface area (Å²) in [5, 5.41) is -1.18. The Hall–Kier alpha value is -0.0400. The molecular formula is C6H8O4S2-2. The van der Waals surface area contributed by atoms with Crippen molar-refractivity contribution in [2.24, 2.45) is 0 Å². The van der Waals surface area contributed by atoms with Crippen molar-refractivity contribution >= 4 is 22.2 Å². The second kappa shape index (κ2) is 4.27. The average Bonchev–Trinajstić information content (AvgIpc) is 2.04. The maximum Gasteiger partial charge on any atom is 0.0406 e. The molecule has 0 heterocycles. The minimum atomic E-state index is -2.20. The van der Waals surface area contributed by atoms with Crippen LogP contribution in [-0.2, 0) is 22.2 Å². The first-order valence-electron chi connectivity index (χ1n) is 3.44. The van der Waals surface area contributed by atoms with Crippen LogP contribution in [0.25, 0.3) is 0 Å². The van der Waals surface area contributed by atoms with Crippen LogP contribution >= 0.6 is 0 Å². The Bertz CT molecular complexity index is 238. The highest BCUT2D eigenvalue weighted by atomic mass is 32.2. The van der Waals surface area contributed by atoms with Gasteiger partial charge in [-0.2, -0.15) is 0 Å². The number of rotatable bonds is 2. The molecule has 4 nitrogen and oxygen atoms in total. The van der Waals surface area contributed by atoms with Crippen molar-refractivity contribution in [1.82, 2.24) is 0 Å². The largest absolute Gasteiger partial charge is 0.772 e. The summed E-state index contributed by atoms with van der Waals surface area (Å²) in [5.41, 5.74) is 0. The predicted octanol–water partition coefficient (Wildman–Crippen LogP) is -0.168. The first-order chi connectivity index (χ1) is 5.61. The summed E-state index contributed by atoms with van der Waals surface area (Å²) >= 11 is -4.36. The van der Waals surface area contributed by atoms with Crippen molar-refractivity contribution in [2.75, 3.05) is 0 Å². The summed E-state index contributed by atoms with van der Waals surface area (Å²) in [4.78, 5) is 0. The zero-order chi connectivity index (χ0) is 9.14. The third kappa shape index (κ3) is 2.48. The molecule has 0 fully saturated rings. The van der Waals surface area contributed by atoms with E-state index in [2.05, 4.69) is 0 Å². The van der Waals surface area contributed by atoms with Crippen LogP contribution in [0.2, 0.25) is 0 Å². The highest BCUT2D eigenvalue weighted by Gasteiger charge is 2.18. The van der Waals surface area contributed by atoms with Gasteiger partial charge in [0.25, 0.3) is 0 Å². The molecule has 0 aromatic carbocycles. The van der Waals surface area contributed by atoms with Crippen LogP contribution in [0, 0.1) is 0 Å². The monoisotopic (exact) mass is 208 g/mol. The zero-order valence-electron chi connectivity index (χ0n) is 6.17. The Morgan fingerprint density at radius 1 is 1.25 bits per heavy atom. The summed E-state index contributed by atoms with van der Waals surface area (Å²) in [7, 11) is 0. The van der Waals surface area contributed by atoms with Gasteiger partial charge in [0.2, 0.25) is 0 Å². The lowest BCUT2D eigenvalue weighted by molar-refractivity contribution is 0.502. The normalized spacial score (nSPS) is 34.5. The van der Waals surface area contributed by atoms with Crippen molar-refractivity contribution in [1.29, 1.82) is 0 Å². The Morgan fingerprint density at radius 3 is 2.42 bits per heavy atom. The fraction of sp³-hybridized carbons (Fsp3) is 0.667. The first kappa shape index (κ1) is 10.0. The number of hydrogen-bond donors (Lipinski definition) is 0. The molecule has 0 amide bonds. The Kier molecular flexibility index (Phi) is 3.57. The van der Waals surface area contributed by atoms with E-state index in [9.17, 15) is 17.5 Å². The minimum absolute atomic E-state index is 0.183. The molecule has 4 atom stereocenters. The maximum absolute atomic E-state index is 10.5. The molecule has 70 valence electrons. The zero-order valence-corrected chi connectivity index (χ0v) is 7.81. The highest BCUT2D eigenvalue weighted by Crippen LogP contribution is 2.19. The van der Waals surface area contributed by atoms with Crippen LogP contribution in [-0.4, -0.2) is 28.0 Å². The molecule has 0 spiro atoms. The van der Waals surface area contributed by atoms with Gasteiger partial charge in [-0.05, 0) is 23.9 Å². The molecule has 0 radical (unpaired) electrons. The first-order valence-corrected chi connectivity index (χ1v) is 5.71. The van der Waals surface area contributed by atoms with Crippen LogP contribution in [0.15, 0.2) is 12.2 Å². The van der Waals surface area contributed by atoms with Gasteiger partial charge in [0.1, 0.15) is 0 Å². The molecule has 4 unspecified atom stereocenters. The van der Waals surface area contributed by atoms with Crippen LogP contribution in [0.4, 0.5) is 0 Å². The molecule has 0 aromatic heterocycles.